The summed E-state index contributed by atoms with van der Waals surface area (Å²) in [6, 6.07) is -0.237. The Morgan fingerprint density at radius 3 is 2.65 bits per heavy atom. The Balaban J connectivity index is 2.53. The highest BCUT2D eigenvalue weighted by Gasteiger charge is 2.36. The largest absolute Gasteiger partial charge is 0.481 e. The van der Waals surface area contributed by atoms with Gasteiger partial charge in [-0.25, -0.2) is 8.42 Å². The molecule has 0 saturated carbocycles. The zero-order valence-corrected chi connectivity index (χ0v) is 10.9. The summed E-state index contributed by atoms with van der Waals surface area (Å²) < 4.78 is 27.9. The van der Waals surface area contributed by atoms with Gasteiger partial charge in [0.1, 0.15) is 0 Å². The van der Waals surface area contributed by atoms with Gasteiger partial charge in [0.2, 0.25) is 0 Å². The van der Waals surface area contributed by atoms with Crippen molar-refractivity contribution in [1.82, 2.24) is 4.90 Å². The zero-order valence-electron chi connectivity index (χ0n) is 10.1. The average molecular weight is 265 g/mol. The molecule has 1 saturated heterocycles. The van der Waals surface area contributed by atoms with Crippen LogP contribution in [-0.4, -0.2) is 68.7 Å². The molecule has 100 valence electrons. The highest BCUT2D eigenvalue weighted by Crippen LogP contribution is 2.18. The first-order chi connectivity index (χ1) is 7.87. The van der Waals surface area contributed by atoms with Crippen molar-refractivity contribution in [2.24, 2.45) is 5.92 Å². The average Bonchev–Trinajstić information content (AvgIpc) is 2.75. The van der Waals surface area contributed by atoms with Crippen molar-refractivity contribution in [1.29, 1.82) is 0 Å². The molecule has 1 heterocycles. The number of hydrogen-bond acceptors (Lipinski definition) is 5. The molecule has 1 aliphatic rings. The van der Waals surface area contributed by atoms with Gasteiger partial charge >= 0.3 is 5.97 Å². The third kappa shape index (κ3) is 3.93. The van der Waals surface area contributed by atoms with Crippen molar-refractivity contribution in [2.75, 3.05) is 38.3 Å². The van der Waals surface area contributed by atoms with Gasteiger partial charge in [0.25, 0.3) is 0 Å². The number of aliphatic carboxylic acids is 1. The molecule has 2 unspecified atom stereocenters. The molecule has 0 aromatic rings. The van der Waals surface area contributed by atoms with Crippen LogP contribution in [0.3, 0.4) is 0 Å². The van der Waals surface area contributed by atoms with Crippen molar-refractivity contribution in [3.05, 3.63) is 0 Å². The lowest BCUT2D eigenvalue weighted by atomic mass is 10.0. The number of rotatable bonds is 6. The molecule has 1 aliphatic heterocycles. The van der Waals surface area contributed by atoms with E-state index in [0.717, 1.165) is 0 Å². The topological polar surface area (TPSA) is 83.9 Å². The maximum Gasteiger partial charge on any atom is 0.310 e. The standard InChI is InChI=1S/C10H19NO5S/c1-3-17(14,15)5-4-11(2)9-7-16-6-8(9)10(12)13/h8-9H,3-7H2,1-2H3,(H,12,13). The first-order valence-corrected chi connectivity index (χ1v) is 7.40. The Morgan fingerprint density at radius 2 is 2.12 bits per heavy atom. The molecule has 7 heteroatoms. The third-order valence-corrected chi connectivity index (χ3v) is 4.81. The van der Waals surface area contributed by atoms with Crippen molar-refractivity contribution in [3.63, 3.8) is 0 Å². The van der Waals surface area contributed by atoms with Crippen LogP contribution in [0.1, 0.15) is 6.92 Å². The molecule has 17 heavy (non-hydrogen) atoms. The number of hydrogen-bond donors (Lipinski definition) is 1. The summed E-state index contributed by atoms with van der Waals surface area (Å²) in [5.74, 6) is -1.28. The van der Waals surface area contributed by atoms with Gasteiger partial charge in [0.05, 0.1) is 24.9 Å². The molecule has 0 aliphatic carbocycles. The van der Waals surface area contributed by atoms with Crippen molar-refractivity contribution < 1.29 is 23.1 Å². The normalized spacial score (nSPS) is 25.4. The summed E-state index contributed by atoms with van der Waals surface area (Å²) in [4.78, 5) is 12.7. The van der Waals surface area contributed by atoms with Crippen LogP contribution < -0.4 is 0 Å². The van der Waals surface area contributed by atoms with E-state index in [0.29, 0.717) is 13.2 Å². The lowest BCUT2D eigenvalue weighted by Gasteiger charge is -2.25. The number of nitrogens with zero attached hydrogens (tertiary/aromatic N) is 1. The molecule has 0 spiro atoms. The fourth-order valence-electron chi connectivity index (χ4n) is 1.81. The molecule has 0 radical (unpaired) electrons. The smallest absolute Gasteiger partial charge is 0.310 e. The second kappa shape index (κ2) is 5.79. The van der Waals surface area contributed by atoms with E-state index in [1.54, 1.807) is 18.9 Å². The molecular formula is C10H19NO5S. The van der Waals surface area contributed by atoms with Crippen molar-refractivity contribution >= 4 is 15.8 Å². The highest BCUT2D eigenvalue weighted by atomic mass is 32.2. The van der Waals surface area contributed by atoms with E-state index in [1.807, 2.05) is 0 Å². The molecule has 0 aromatic carbocycles. The van der Waals surface area contributed by atoms with Gasteiger partial charge in [-0.1, -0.05) is 6.92 Å². The maximum atomic E-state index is 11.4. The fourth-order valence-corrected chi connectivity index (χ4v) is 2.66. The SMILES string of the molecule is CCS(=O)(=O)CCN(C)C1COCC1C(=O)O. The number of carboxylic acids is 1. The quantitative estimate of drug-likeness (QED) is 0.694. The Morgan fingerprint density at radius 1 is 1.47 bits per heavy atom. The van der Waals surface area contributed by atoms with E-state index in [4.69, 9.17) is 9.84 Å². The van der Waals surface area contributed by atoms with Gasteiger partial charge < -0.3 is 9.84 Å². The predicted molar refractivity (Wildman–Crippen MR) is 62.7 cm³/mol. The fraction of sp³-hybridized carbons (Fsp3) is 0.900. The van der Waals surface area contributed by atoms with E-state index in [2.05, 4.69) is 0 Å². The third-order valence-electron chi connectivity index (χ3n) is 3.13. The molecule has 1 fully saturated rings. The Bertz CT molecular complexity index is 367. The van der Waals surface area contributed by atoms with E-state index in [9.17, 15) is 13.2 Å². The molecule has 0 aromatic heterocycles. The van der Waals surface area contributed by atoms with E-state index >= 15 is 0 Å². The van der Waals surface area contributed by atoms with Crippen LogP contribution >= 0.6 is 0 Å². The second-order valence-corrected chi connectivity index (χ2v) is 6.74. The van der Waals surface area contributed by atoms with Crippen LogP contribution in [-0.2, 0) is 19.4 Å². The highest BCUT2D eigenvalue weighted by molar-refractivity contribution is 7.91. The van der Waals surface area contributed by atoms with Crippen LogP contribution in [0.5, 0.6) is 0 Å². The summed E-state index contributed by atoms with van der Waals surface area (Å²) in [5.41, 5.74) is 0. The summed E-state index contributed by atoms with van der Waals surface area (Å²) in [6.07, 6.45) is 0. The molecule has 1 rings (SSSR count). The van der Waals surface area contributed by atoms with Gasteiger partial charge in [-0.3, -0.25) is 9.69 Å². The Labute approximate surface area is 101 Å². The summed E-state index contributed by atoms with van der Waals surface area (Å²) in [5, 5.41) is 8.98. The lowest BCUT2D eigenvalue weighted by molar-refractivity contribution is -0.143. The first kappa shape index (κ1) is 14.4. The number of carboxylic acid groups (broad SMARTS) is 1. The minimum atomic E-state index is -3.01. The van der Waals surface area contributed by atoms with Gasteiger partial charge in [0.15, 0.2) is 9.84 Å². The Kier molecular flexibility index (Phi) is 4.91. The summed E-state index contributed by atoms with van der Waals surface area (Å²) >= 11 is 0. The molecule has 6 nitrogen and oxygen atoms in total. The van der Waals surface area contributed by atoms with Crippen molar-refractivity contribution in [3.8, 4) is 0 Å². The van der Waals surface area contributed by atoms with Gasteiger partial charge in [-0.05, 0) is 7.05 Å². The summed E-state index contributed by atoms with van der Waals surface area (Å²) in [6.45, 7) is 2.49. The van der Waals surface area contributed by atoms with E-state index in [1.165, 1.54) is 0 Å². The lowest BCUT2D eigenvalue weighted by Crippen LogP contribution is -2.42. The van der Waals surface area contributed by atoms with Crippen LogP contribution in [0.25, 0.3) is 0 Å². The van der Waals surface area contributed by atoms with Crippen molar-refractivity contribution in [2.45, 2.75) is 13.0 Å². The van der Waals surface area contributed by atoms with Gasteiger partial charge in [-0.15, -0.1) is 0 Å². The number of ether oxygens (including phenoxy) is 1. The van der Waals surface area contributed by atoms with Crippen LogP contribution in [0.15, 0.2) is 0 Å². The summed E-state index contributed by atoms with van der Waals surface area (Å²) in [7, 11) is -1.28. The van der Waals surface area contributed by atoms with Crippen LogP contribution in [0.2, 0.25) is 0 Å². The van der Waals surface area contributed by atoms with Gasteiger partial charge in [0, 0.05) is 18.3 Å². The molecule has 0 bridgehead atoms. The molecular weight excluding hydrogens is 246 g/mol. The minimum Gasteiger partial charge on any atom is -0.481 e. The van der Waals surface area contributed by atoms with Crippen LogP contribution in [0, 0.1) is 5.92 Å². The monoisotopic (exact) mass is 265 g/mol. The van der Waals surface area contributed by atoms with E-state index < -0.39 is 21.7 Å². The maximum absolute atomic E-state index is 11.4. The number of carbonyl (C=O) groups is 1. The van der Waals surface area contributed by atoms with Crippen LogP contribution in [0.4, 0.5) is 0 Å². The molecule has 0 amide bonds. The second-order valence-electron chi connectivity index (χ2n) is 4.27. The number of likely N-dealkylation sites (N-methyl/N-ethyl adjacent to an activating group) is 1. The van der Waals surface area contributed by atoms with Gasteiger partial charge in [-0.2, -0.15) is 0 Å². The molecule has 1 N–H and O–H groups in total. The minimum absolute atomic E-state index is 0.0584. The zero-order chi connectivity index (χ0) is 13.1. The Hall–Kier alpha value is -0.660. The predicted octanol–water partition coefficient (Wildman–Crippen LogP) is -0.547. The number of sulfone groups is 1. The van der Waals surface area contributed by atoms with E-state index in [-0.39, 0.29) is 24.2 Å². The first-order valence-electron chi connectivity index (χ1n) is 5.58. The molecule has 2 atom stereocenters.